The third kappa shape index (κ3) is 4.46. The molecule has 1 amide bonds. The van der Waals surface area contributed by atoms with Crippen molar-refractivity contribution in [1.82, 2.24) is 5.01 Å². The molecule has 0 bridgehead atoms. The number of aliphatic carboxylic acids is 1. The Hall–Kier alpha value is -2.86. The molecule has 0 spiro atoms. The standard InChI is InChI=1S/C20H19ClN2O4/c1-27-16-4-2-3-14(11-16)18-12-17(13-5-7-15(21)8-6-13)22-23(18)19(24)9-10-20(25)26/h2-8,11,18H,9-10,12H2,1H3,(H,25,26). The number of carboxylic acids is 1. The van der Waals surface area contributed by atoms with E-state index in [1.54, 1.807) is 19.2 Å². The molecule has 0 aromatic heterocycles. The first-order valence-corrected chi connectivity index (χ1v) is 8.87. The van der Waals surface area contributed by atoms with Gasteiger partial charge < -0.3 is 9.84 Å². The second-order valence-electron chi connectivity index (χ2n) is 6.18. The van der Waals surface area contributed by atoms with Crippen molar-refractivity contribution in [2.45, 2.75) is 25.3 Å². The molecule has 1 aliphatic heterocycles. The Morgan fingerprint density at radius 2 is 1.96 bits per heavy atom. The minimum atomic E-state index is -1.01. The Morgan fingerprint density at radius 1 is 1.22 bits per heavy atom. The van der Waals surface area contributed by atoms with Crippen LogP contribution in [-0.2, 0) is 9.59 Å². The Morgan fingerprint density at radius 3 is 2.63 bits per heavy atom. The van der Waals surface area contributed by atoms with Crippen LogP contribution in [0.15, 0.2) is 53.6 Å². The number of halogens is 1. The van der Waals surface area contributed by atoms with Crippen LogP contribution in [-0.4, -0.2) is 34.8 Å². The smallest absolute Gasteiger partial charge is 0.303 e. The summed E-state index contributed by atoms with van der Waals surface area (Å²) in [6.07, 6.45) is 0.187. The van der Waals surface area contributed by atoms with E-state index < -0.39 is 5.97 Å². The number of methoxy groups -OCH3 is 1. The van der Waals surface area contributed by atoms with Crippen molar-refractivity contribution in [2.75, 3.05) is 7.11 Å². The minimum Gasteiger partial charge on any atom is -0.497 e. The zero-order valence-electron chi connectivity index (χ0n) is 14.8. The lowest BCUT2D eigenvalue weighted by Gasteiger charge is -2.22. The fourth-order valence-electron chi connectivity index (χ4n) is 2.99. The quantitative estimate of drug-likeness (QED) is 0.816. The summed E-state index contributed by atoms with van der Waals surface area (Å²) in [5.41, 5.74) is 2.51. The average Bonchev–Trinajstić information content (AvgIpc) is 3.12. The molecule has 0 aliphatic carbocycles. The molecular formula is C20H19ClN2O4. The highest BCUT2D eigenvalue weighted by Crippen LogP contribution is 2.34. The van der Waals surface area contributed by atoms with Crippen molar-refractivity contribution in [2.24, 2.45) is 5.10 Å². The number of carboxylic acid groups (broad SMARTS) is 1. The number of amides is 1. The summed E-state index contributed by atoms with van der Waals surface area (Å²) < 4.78 is 5.28. The monoisotopic (exact) mass is 386 g/mol. The molecule has 27 heavy (non-hydrogen) atoms. The zero-order valence-corrected chi connectivity index (χ0v) is 15.5. The molecule has 0 radical (unpaired) electrons. The first-order chi connectivity index (χ1) is 13.0. The Labute approximate surface area is 162 Å². The predicted molar refractivity (Wildman–Crippen MR) is 102 cm³/mol. The van der Waals surface area contributed by atoms with Crippen LogP contribution >= 0.6 is 11.6 Å². The molecule has 1 N–H and O–H groups in total. The van der Waals surface area contributed by atoms with E-state index in [-0.39, 0.29) is 24.8 Å². The highest BCUT2D eigenvalue weighted by atomic mass is 35.5. The zero-order chi connectivity index (χ0) is 19.4. The number of benzene rings is 2. The van der Waals surface area contributed by atoms with Gasteiger partial charge in [-0.05, 0) is 35.4 Å². The van der Waals surface area contributed by atoms with Crippen LogP contribution in [0.2, 0.25) is 5.02 Å². The summed E-state index contributed by atoms with van der Waals surface area (Å²) in [6, 6.07) is 14.4. The van der Waals surface area contributed by atoms with Crippen LogP contribution < -0.4 is 4.74 Å². The first kappa shape index (κ1) is 18.9. The van der Waals surface area contributed by atoms with E-state index in [1.807, 2.05) is 36.4 Å². The third-order valence-corrected chi connectivity index (χ3v) is 4.63. The van der Waals surface area contributed by atoms with Gasteiger partial charge in [-0.1, -0.05) is 35.9 Å². The Kier molecular flexibility index (Phi) is 5.76. The largest absolute Gasteiger partial charge is 0.497 e. The second kappa shape index (κ2) is 8.22. The Balaban J connectivity index is 1.91. The maximum atomic E-state index is 12.6. The molecule has 140 valence electrons. The van der Waals surface area contributed by atoms with Crippen LogP contribution in [0, 0.1) is 0 Å². The molecule has 0 saturated heterocycles. The van der Waals surface area contributed by atoms with Crippen molar-refractivity contribution >= 4 is 29.2 Å². The number of hydrogen-bond acceptors (Lipinski definition) is 4. The lowest BCUT2D eigenvalue weighted by molar-refractivity contribution is -0.141. The van der Waals surface area contributed by atoms with Crippen LogP contribution in [0.3, 0.4) is 0 Å². The average molecular weight is 387 g/mol. The van der Waals surface area contributed by atoms with E-state index in [4.69, 9.17) is 21.4 Å². The first-order valence-electron chi connectivity index (χ1n) is 8.49. The molecule has 1 unspecified atom stereocenters. The fourth-order valence-corrected chi connectivity index (χ4v) is 3.12. The predicted octanol–water partition coefficient (Wildman–Crippen LogP) is 3.89. The molecule has 1 aliphatic rings. The van der Waals surface area contributed by atoms with Gasteiger partial charge in [0, 0.05) is 17.9 Å². The number of carbonyl (C=O) groups is 2. The number of hydrazone groups is 1. The van der Waals surface area contributed by atoms with Crippen molar-refractivity contribution < 1.29 is 19.4 Å². The van der Waals surface area contributed by atoms with E-state index in [2.05, 4.69) is 5.10 Å². The van der Waals surface area contributed by atoms with Crippen LogP contribution in [0.25, 0.3) is 0 Å². The van der Waals surface area contributed by atoms with Gasteiger partial charge in [0.15, 0.2) is 0 Å². The van der Waals surface area contributed by atoms with E-state index in [1.165, 1.54) is 5.01 Å². The van der Waals surface area contributed by atoms with Crippen molar-refractivity contribution in [3.8, 4) is 5.75 Å². The highest BCUT2D eigenvalue weighted by Gasteiger charge is 2.33. The molecular weight excluding hydrogens is 368 g/mol. The van der Waals surface area contributed by atoms with Gasteiger partial charge in [-0.25, -0.2) is 5.01 Å². The molecule has 0 saturated carbocycles. The molecule has 6 nitrogen and oxygen atoms in total. The van der Waals surface area contributed by atoms with Crippen LogP contribution in [0.5, 0.6) is 5.75 Å². The van der Waals surface area contributed by atoms with Gasteiger partial charge in [0.2, 0.25) is 5.91 Å². The topological polar surface area (TPSA) is 79.2 Å². The summed E-state index contributed by atoms with van der Waals surface area (Å²) in [5.74, 6) is -0.651. The lowest BCUT2D eigenvalue weighted by Crippen LogP contribution is -2.27. The minimum absolute atomic E-state index is 0.104. The van der Waals surface area contributed by atoms with E-state index in [9.17, 15) is 9.59 Å². The van der Waals surface area contributed by atoms with Crippen LogP contribution in [0.1, 0.15) is 36.4 Å². The van der Waals surface area contributed by atoms with Gasteiger partial charge in [-0.2, -0.15) is 5.10 Å². The van der Waals surface area contributed by atoms with Gasteiger partial charge in [-0.15, -0.1) is 0 Å². The van der Waals surface area contributed by atoms with Crippen molar-refractivity contribution in [3.05, 3.63) is 64.7 Å². The van der Waals surface area contributed by atoms with Gasteiger partial charge in [-0.3, -0.25) is 9.59 Å². The second-order valence-corrected chi connectivity index (χ2v) is 6.62. The van der Waals surface area contributed by atoms with E-state index in [0.717, 1.165) is 16.8 Å². The summed E-state index contributed by atoms with van der Waals surface area (Å²) in [6.45, 7) is 0. The molecule has 0 fully saturated rings. The molecule has 2 aromatic rings. The maximum absolute atomic E-state index is 12.6. The molecule has 3 rings (SSSR count). The number of carbonyl (C=O) groups excluding carboxylic acids is 1. The fraction of sp³-hybridized carbons (Fsp3) is 0.250. The normalized spacial score (nSPS) is 16.1. The molecule has 2 aromatic carbocycles. The van der Waals surface area contributed by atoms with Crippen LogP contribution in [0.4, 0.5) is 0 Å². The maximum Gasteiger partial charge on any atom is 0.303 e. The molecule has 1 atom stereocenters. The Bertz CT molecular complexity index is 880. The number of rotatable bonds is 6. The van der Waals surface area contributed by atoms with Crippen molar-refractivity contribution in [1.29, 1.82) is 0 Å². The third-order valence-electron chi connectivity index (χ3n) is 4.37. The van der Waals surface area contributed by atoms with E-state index in [0.29, 0.717) is 17.2 Å². The van der Waals surface area contributed by atoms with E-state index >= 15 is 0 Å². The van der Waals surface area contributed by atoms with Gasteiger partial charge >= 0.3 is 5.97 Å². The molecule has 7 heteroatoms. The lowest BCUT2D eigenvalue weighted by atomic mass is 9.98. The van der Waals surface area contributed by atoms with Gasteiger partial charge in [0.05, 0.1) is 25.3 Å². The molecule has 1 heterocycles. The van der Waals surface area contributed by atoms with Crippen molar-refractivity contribution in [3.63, 3.8) is 0 Å². The summed E-state index contributed by atoms with van der Waals surface area (Å²) in [4.78, 5) is 23.5. The number of hydrogen-bond donors (Lipinski definition) is 1. The highest BCUT2D eigenvalue weighted by molar-refractivity contribution is 6.30. The number of nitrogens with zero attached hydrogens (tertiary/aromatic N) is 2. The number of ether oxygens (including phenoxy) is 1. The van der Waals surface area contributed by atoms with Gasteiger partial charge in [0.1, 0.15) is 5.75 Å². The summed E-state index contributed by atoms with van der Waals surface area (Å²) >= 11 is 5.95. The van der Waals surface area contributed by atoms with Gasteiger partial charge in [0.25, 0.3) is 0 Å². The SMILES string of the molecule is COc1cccc(C2CC(c3ccc(Cl)cc3)=NN2C(=O)CCC(=O)O)c1. The summed E-state index contributed by atoms with van der Waals surface area (Å²) in [7, 11) is 1.58. The summed E-state index contributed by atoms with van der Waals surface area (Å²) in [5, 5.41) is 15.4.